The zero-order valence-corrected chi connectivity index (χ0v) is 12.4. The molecule has 5 nitrogen and oxygen atoms in total. The average Bonchev–Trinajstić information content (AvgIpc) is 2.62. The highest BCUT2D eigenvalue weighted by atomic mass is 79.9. The molecule has 0 radical (unpaired) electrons. The fourth-order valence-corrected chi connectivity index (χ4v) is 3.39. The van der Waals surface area contributed by atoms with Crippen molar-refractivity contribution in [3.63, 3.8) is 0 Å². The molecule has 0 saturated heterocycles. The summed E-state index contributed by atoms with van der Waals surface area (Å²) < 4.78 is 28.7. The van der Waals surface area contributed by atoms with E-state index in [0.29, 0.717) is 4.47 Å². The Balaban J connectivity index is 2.36. The summed E-state index contributed by atoms with van der Waals surface area (Å²) in [5.41, 5.74) is 0. The Morgan fingerprint density at radius 1 is 1.39 bits per heavy atom. The minimum Gasteiger partial charge on any atom is -0.274 e. The fraction of sp³-hybridized carbons (Fsp3) is 0.100. The van der Waals surface area contributed by atoms with E-state index in [2.05, 4.69) is 25.8 Å². The number of nitrogens with one attached hydrogen (secondary N) is 1. The predicted molar refractivity (Wildman–Crippen MR) is 73.2 cm³/mol. The minimum atomic E-state index is -3.73. The van der Waals surface area contributed by atoms with Gasteiger partial charge in [0.05, 0.1) is 5.02 Å². The molecule has 1 heterocycles. The van der Waals surface area contributed by atoms with Crippen LogP contribution in [0.5, 0.6) is 0 Å². The van der Waals surface area contributed by atoms with E-state index < -0.39 is 10.0 Å². The van der Waals surface area contributed by atoms with Gasteiger partial charge >= 0.3 is 0 Å². The zero-order valence-electron chi connectivity index (χ0n) is 9.26. The van der Waals surface area contributed by atoms with Crippen LogP contribution in [0, 0.1) is 0 Å². The third-order valence-corrected chi connectivity index (χ3v) is 4.47. The van der Waals surface area contributed by atoms with E-state index >= 15 is 0 Å². The lowest BCUT2D eigenvalue weighted by atomic mass is 10.4. The molecule has 8 heteroatoms. The van der Waals surface area contributed by atoms with Crippen molar-refractivity contribution < 1.29 is 8.42 Å². The summed E-state index contributed by atoms with van der Waals surface area (Å²) in [6.07, 6.45) is 1.64. The highest BCUT2D eigenvalue weighted by molar-refractivity contribution is 9.10. The van der Waals surface area contributed by atoms with Crippen LogP contribution in [0.2, 0.25) is 5.02 Å². The van der Waals surface area contributed by atoms with E-state index in [1.54, 1.807) is 25.4 Å². The SMILES string of the molecule is Cn1ccc(NS(=O)(=O)c2ccc(Br)cc2Cl)n1. The summed E-state index contributed by atoms with van der Waals surface area (Å²) in [7, 11) is -2.03. The summed E-state index contributed by atoms with van der Waals surface area (Å²) >= 11 is 9.13. The maximum Gasteiger partial charge on any atom is 0.264 e. The lowest BCUT2D eigenvalue weighted by Crippen LogP contribution is -2.14. The Morgan fingerprint density at radius 3 is 2.67 bits per heavy atom. The van der Waals surface area contributed by atoms with Crippen molar-refractivity contribution in [2.24, 2.45) is 7.05 Å². The van der Waals surface area contributed by atoms with Crippen molar-refractivity contribution in [3.05, 3.63) is 40.0 Å². The Kier molecular flexibility index (Phi) is 3.65. The van der Waals surface area contributed by atoms with Gasteiger partial charge in [-0.05, 0) is 18.2 Å². The van der Waals surface area contributed by atoms with Crippen molar-refractivity contribution in [3.8, 4) is 0 Å². The fourth-order valence-electron chi connectivity index (χ4n) is 1.36. The molecule has 96 valence electrons. The predicted octanol–water partition coefficient (Wildman–Crippen LogP) is 2.64. The molecule has 0 fully saturated rings. The van der Waals surface area contributed by atoms with Crippen LogP contribution in [0.25, 0.3) is 0 Å². The van der Waals surface area contributed by atoms with Crippen molar-refractivity contribution >= 4 is 43.4 Å². The molecule has 0 bridgehead atoms. The molecule has 2 rings (SSSR count). The molecule has 2 aromatic rings. The second-order valence-electron chi connectivity index (χ2n) is 3.55. The Morgan fingerprint density at radius 2 is 2.11 bits per heavy atom. The molecule has 0 aliphatic carbocycles. The third kappa shape index (κ3) is 2.85. The standard InChI is InChI=1S/C10H9BrClN3O2S/c1-15-5-4-10(13-15)14-18(16,17)9-3-2-7(11)6-8(9)12/h2-6H,1H3,(H,13,14). The summed E-state index contributed by atoms with van der Waals surface area (Å²) in [5, 5.41) is 4.09. The van der Waals surface area contributed by atoms with Gasteiger partial charge < -0.3 is 0 Å². The van der Waals surface area contributed by atoms with Crippen molar-refractivity contribution in [2.75, 3.05) is 4.72 Å². The number of halogens is 2. The van der Waals surface area contributed by atoms with Crippen molar-refractivity contribution in [2.45, 2.75) is 4.90 Å². The molecule has 1 N–H and O–H groups in total. The second kappa shape index (κ2) is 4.91. The van der Waals surface area contributed by atoms with Gasteiger partial charge in [-0.3, -0.25) is 9.40 Å². The lowest BCUT2D eigenvalue weighted by Gasteiger charge is -2.07. The van der Waals surface area contributed by atoms with Crippen LogP contribution in [0.15, 0.2) is 39.8 Å². The van der Waals surface area contributed by atoms with Crippen LogP contribution in [-0.4, -0.2) is 18.2 Å². The average molecular weight is 351 g/mol. The van der Waals surface area contributed by atoms with E-state index in [1.165, 1.54) is 16.8 Å². The van der Waals surface area contributed by atoms with Crippen LogP contribution in [0.1, 0.15) is 0 Å². The molecule has 0 amide bonds. The number of benzene rings is 1. The Bertz CT molecular complexity index is 684. The van der Waals surface area contributed by atoms with Gasteiger partial charge in [0.25, 0.3) is 10.0 Å². The van der Waals surface area contributed by atoms with E-state index in [-0.39, 0.29) is 15.7 Å². The third-order valence-electron chi connectivity index (χ3n) is 2.14. The van der Waals surface area contributed by atoms with Gasteiger partial charge in [-0.1, -0.05) is 27.5 Å². The van der Waals surface area contributed by atoms with Crippen LogP contribution < -0.4 is 4.72 Å². The number of rotatable bonds is 3. The maximum absolute atomic E-state index is 12.1. The van der Waals surface area contributed by atoms with E-state index in [4.69, 9.17) is 11.6 Å². The number of hydrogen-bond donors (Lipinski definition) is 1. The molecule has 0 spiro atoms. The molecule has 0 atom stereocenters. The van der Waals surface area contributed by atoms with Gasteiger partial charge in [0.2, 0.25) is 0 Å². The first-order chi connectivity index (χ1) is 8.38. The number of hydrogen-bond acceptors (Lipinski definition) is 3. The Hall–Kier alpha value is -1.05. The molecule has 0 aliphatic rings. The van der Waals surface area contributed by atoms with Gasteiger partial charge in [0.15, 0.2) is 5.82 Å². The van der Waals surface area contributed by atoms with E-state index in [9.17, 15) is 8.42 Å². The normalized spacial score (nSPS) is 11.5. The largest absolute Gasteiger partial charge is 0.274 e. The Labute approximate surface area is 118 Å². The van der Waals surface area contributed by atoms with Gasteiger partial charge in [-0.15, -0.1) is 0 Å². The molecule has 1 aromatic heterocycles. The van der Waals surface area contributed by atoms with Gasteiger partial charge in [-0.2, -0.15) is 5.10 Å². The highest BCUT2D eigenvalue weighted by Crippen LogP contribution is 2.26. The lowest BCUT2D eigenvalue weighted by molar-refractivity contribution is 0.601. The minimum absolute atomic E-state index is 0.0121. The first-order valence-electron chi connectivity index (χ1n) is 4.86. The van der Waals surface area contributed by atoms with Gasteiger partial charge in [0.1, 0.15) is 4.90 Å². The monoisotopic (exact) mass is 349 g/mol. The summed E-state index contributed by atoms with van der Waals surface area (Å²) in [4.78, 5) is 0.0121. The number of anilines is 1. The van der Waals surface area contributed by atoms with Gasteiger partial charge in [0, 0.05) is 23.8 Å². The molecule has 0 unspecified atom stereocenters. The molecule has 0 saturated carbocycles. The van der Waals surface area contributed by atoms with Gasteiger partial charge in [-0.25, -0.2) is 8.42 Å². The number of aryl methyl sites for hydroxylation is 1. The first kappa shape index (κ1) is 13.4. The quantitative estimate of drug-likeness (QED) is 0.925. The maximum atomic E-state index is 12.1. The molecular formula is C10H9BrClN3O2S. The molecule has 1 aromatic carbocycles. The molecular weight excluding hydrogens is 342 g/mol. The van der Waals surface area contributed by atoms with Crippen molar-refractivity contribution in [1.29, 1.82) is 0 Å². The number of sulfonamides is 1. The van der Waals surface area contributed by atoms with E-state index in [1.807, 2.05) is 0 Å². The van der Waals surface area contributed by atoms with Crippen LogP contribution in [-0.2, 0) is 17.1 Å². The number of nitrogens with zero attached hydrogens (tertiary/aromatic N) is 2. The summed E-state index contributed by atoms with van der Waals surface area (Å²) in [6.45, 7) is 0. The van der Waals surface area contributed by atoms with Crippen LogP contribution >= 0.6 is 27.5 Å². The topological polar surface area (TPSA) is 64.0 Å². The molecule has 18 heavy (non-hydrogen) atoms. The van der Waals surface area contributed by atoms with E-state index in [0.717, 1.165) is 0 Å². The highest BCUT2D eigenvalue weighted by Gasteiger charge is 2.19. The number of aromatic nitrogens is 2. The van der Waals surface area contributed by atoms with Crippen LogP contribution in [0.3, 0.4) is 0 Å². The summed E-state index contributed by atoms with van der Waals surface area (Å²) in [5.74, 6) is 0.247. The van der Waals surface area contributed by atoms with Crippen LogP contribution in [0.4, 0.5) is 5.82 Å². The molecule has 0 aliphatic heterocycles. The second-order valence-corrected chi connectivity index (χ2v) is 6.53. The van der Waals surface area contributed by atoms with Crippen molar-refractivity contribution in [1.82, 2.24) is 9.78 Å². The summed E-state index contributed by atoms with van der Waals surface area (Å²) in [6, 6.07) is 6.12. The first-order valence-corrected chi connectivity index (χ1v) is 7.51. The smallest absolute Gasteiger partial charge is 0.264 e. The zero-order chi connectivity index (χ0) is 13.3.